The van der Waals surface area contributed by atoms with Gasteiger partial charge < -0.3 is 16.2 Å². The van der Waals surface area contributed by atoms with Gasteiger partial charge >= 0.3 is 0 Å². The van der Waals surface area contributed by atoms with Crippen molar-refractivity contribution < 1.29 is 9.13 Å². The van der Waals surface area contributed by atoms with E-state index in [0.717, 1.165) is 5.56 Å². The second-order valence-electron chi connectivity index (χ2n) is 4.03. The Morgan fingerprint density at radius 3 is 2.55 bits per heavy atom. The van der Waals surface area contributed by atoms with Gasteiger partial charge in [-0.05, 0) is 31.2 Å². The monoisotopic (exact) mass is 281 g/mol. The van der Waals surface area contributed by atoms with Crippen molar-refractivity contribution in [2.45, 2.75) is 6.92 Å². The molecule has 110 valence electrons. The molecule has 0 aliphatic heterocycles. The van der Waals surface area contributed by atoms with Crippen LogP contribution >= 0.6 is 0 Å². The summed E-state index contributed by atoms with van der Waals surface area (Å²) >= 11 is 0. The van der Waals surface area contributed by atoms with E-state index in [0.29, 0.717) is 30.0 Å². The fraction of sp³-hybridized carbons (Fsp3) is 0.308. The van der Waals surface area contributed by atoms with Gasteiger partial charge in [0.25, 0.3) is 0 Å². The van der Waals surface area contributed by atoms with E-state index in [4.69, 9.17) is 22.0 Å². The summed E-state index contributed by atoms with van der Waals surface area (Å²) in [4.78, 5) is 0. The van der Waals surface area contributed by atoms with Crippen molar-refractivity contribution in [2.75, 3.05) is 19.7 Å². The quantitative estimate of drug-likeness (QED) is 0.295. The molecule has 0 bridgehead atoms. The van der Waals surface area contributed by atoms with Crippen molar-refractivity contribution in [3.8, 4) is 5.75 Å². The molecule has 7 heteroatoms. The molecule has 20 heavy (non-hydrogen) atoms. The fourth-order valence-electron chi connectivity index (χ4n) is 1.30. The second kappa shape index (κ2) is 8.13. The lowest BCUT2D eigenvalue weighted by Crippen LogP contribution is -2.29. The summed E-state index contributed by atoms with van der Waals surface area (Å²) in [7, 11) is 0. The minimum absolute atomic E-state index is 0.113. The molecule has 0 atom stereocenters. The van der Waals surface area contributed by atoms with Crippen molar-refractivity contribution in [1.82, 2.24) is 5.12 Å². The lowest BCUT2D eigenvalue weighted by molar-refractivity contribution is 0.316. The molecule has 1 rings (SSSR count). The minimum Gasteiger partial charge on any atom is -0.489 e. The molecule has 0 aromatic heterocycles. The Bertz CT molecular complexity index is 472. The van der Waals surface area contributed by atoms with E-state index < -0.39 is 0 Å². The Morgan fingerprint density at radius 1 is 1.40 bits per heavy atom. The van der Waals surface area contributed by atoms with Crippen LogP contribution in [0.4, 0.5) is 4.39 Å². The maximum Gasteiger partial charge on any atom is 0.152 e. The smallest absolute Gasteiger partial charge is 0.152 e. The van der Waals surface area contributed by atoms with Crippen LogP contribution < -0.4 is 22.0 Å². The van der Waals surface area contributed by atoms with E-state index in [-0.39, 0.29) is 13.2 Å². The molecule has 0 radical (unpaired) electrons. The van der Waals surface area contributed by atoms with Gasteiger partial charge in [-0.2, -0.15) is 0 Å². The van der Waals surface area contributed by atoms with Gasteiger partial charge in [0.2, 0.25) is 0 Å². The van der Waals surface area contributed by atoms with Gasteiger partial charge in [0, 0.05) is 17.7 Å². The predicted molar refractivity (Wildman–Crippen MR) is 77.5 cm³/mol. The normalized spacial score (nSPS) is 12.4. The molecule has 0 aliphatic carbocycles. The first-order valence-electron chi connectivity index (χ1n) is 6.18. The van der Waals surface area contributed by atoms with Crippen LogP contribution in [0, 0.1) is 0 Å². The van der Waals surface area contributed by atoms with Crippen LogP contribution in [-0.4, -0.2) is 30.6 Å². The van der Waals surface area contributed by atoms with Crippen LogP contribution in [0.2, 0.25) is 0 Å². The van der Waals surface area contributed by atoms with Gasteiger partial charge in [-0.25, -0.2) is 15.4 Å². The highest BCUT2D eigenvalue weighted by molar-refractivity contribution is 5.97. The second-order valence-corrected chi connectivity index (χ2v) is 4.03. The van der Waals surface area contributed by atoms with E-state index in [1.165, 1.54) is 5.12 Å². The highest BCUT2D eigenvalue weighted by atomic mass is 19.1. The molecule has 0 spiro atoms. The Balaban J connectivity index is 2.67. The first-order chi connectivity index (χ1) is 9.60. The maximum atomic E-state index is 12.3. The topological polar surface area (TPSA) is 103 Å². The van der Waals surface area contributed by atoms with Crippen molar-refractivity contribution in [1.29, 1.82) is 0 Å². The number of nitrogens with zero attached hydrogens (tertiary/aromatic N) is 2. The molecule has 0 heterocycles. The largest absolute Gasteiger partial charge is 0.489 e. The standard InChI is InChI=1S/C13H20FN5O/c1-2-19(17)18-13(16)11-3-5-12(6-4-11)20-9-10(7-14)8-15/h3-7H,2,8-9,15,17H2,1H3,(H2,16,18)/b10-7+. The van der Waals surface area contributed by atoms with Crippen LogP contribution in [0.5, 0.6) is 5.75 Å². The third kappa shape index (κ3) is 4.87. The van der Waals surface area contributed by atoms with E-state index >= 15 is 0 Å². The molecule has 0 saturated heterocycles. The molecule has 0 amide bonds. The van der Waals surface area contributed by atoms with Crippen molar-refractivity contribution in [3.63, 3.8) is 0 Å². The molecule has 1 aromatic carbocycles. The fourth-order valence-corrected chi connectivity index (χ4v) is 1.30. The Morgan fingerprint density at radius 2 is 2.05 bits per heavy atom. The highest BCUT2D eigenvalue weighted by Crippen LogP contribution is 2.13. The number of hydrazone groups is 1. The van der Waals surface area contributed by atoms with Crippen LogP contribution in [0.1, 0.15) is 12.5 Å². The van der Waals surface area contributed by atoms with E-state index in [1.807, 2.05) is 6.92 Å². The molecule has 0 saturated carbocycles. The minimum atomic E-state index is 0.113. The van der Waals surface area contributed by atoms with Crippen LogP contribution in [0.3, 0.4) is 0 Å². The van der Waals surface area contributed by atoms with Crippen LogP contribution in [0.25, 0.3) is 0 Å². The maximum absolute atomic E-state index is 12.3. The molecular weight excluding hydrogens is 261 g/mol. The number of halogens is 1. The van der Waals surface area contributed by atoms with E-state index in [9.17, 15) is 4.39 Å². The Hall–Kier alpha value is -2.12. The van der Waals surface area contributed by atoms with E-state index in [1.54, 1.807) is 24.3 Å². The molecular formula is C13H20FN5O. The zero-order valence-electron chi connectivity index (χ0n) is 11.4. The summed E-state index contributed by atoms with van der Waals surface area (Å²) in [5, 5.41) is 5.23. The molecule has 0 fully saturated rings. The van der Waals surface area contributed by atoms with Crippen molar-refractivity contribution in [3.05, 3.63) is 41.7 Å². The number of hydrogen-bond acceptors (Lipinski definition) is 5. The SMILES string of the molecule is CCN(N)/N=C(\N)c1ccc(OC/C(=C/F)CN)cc1. The molecule has 0 unspecified atom stereocenters. The number of rotatable bonds is 7. The highest BCUT2D eigenvalue weighted by Gasteiger charge is 2.02. The summed E-state index contributed by atoms with van der Waals surface area (Å²) in [5.74, 6) is 6.44. The zero-order valence-corrected chi connectivity index (χ0v) is 11.4. The van der Waals surface area contributed by atoms with Crippen LogP contribution in [0.15, 0.2) is 41.3 Å². The van der Waals surface area contributed by atoms with Crippen molar-refractivity contribution >= 4 is 5.84 Å². The summed E-state index contributed by atoms with van der Waals surface area (Å²) < 4.78 is 17.7. The molecule has 0 aliphatic rings. The number of nitrogens with two attached hydrogens (primary N) is 3. The Labute approximate surface area is 117 Å². The predicted octanol–water partition coefficient (Wildman–Crippen LogP) is 0.693. The number of hydrazine groups is 1. The number of benzene rings is 1. The van der Waals surface area contributed by atoms with Gasteiger partial charge in [-0.15, -0.1) is 5.10 Å². The average Bonchev–Trinajstić information content (AvgIpc) is 2.48. The molecule has 6 nitrogen and oxygen atoms in total. The van der Waals surface area contributed by atoms with Crippen molar-refractivity contribution in [2.24, 2.45) is 22.4 Å². The third-order valence-electron chi connectivity index (χ3n) is 2.55. The lowest BCUT2D eigenvalue weighted by Gasteiger charge is -2.11. The van der Waals surface area contributed by atoms with Gasteiger partial charge in [-0.3, -0.25) is 0 Å². The first-order valence-corrected chi connectivity index (χ1v) is 6.18. The number of amidine groups is 1. The summed E-state index contributed by atoms with van der Waals surface area (Å²) in [6.45, 7) is 2.65. The first kappa shape index (κ1) is 15.9. The van der Waals surface area contributed by atoms with Crippen LogP contribution in [-0.2, 0) is 0 Å². The van der Waals surface area contributed by atoms with Gasteiger partial charge in [0.05, 0.1) is 12.9 Å². The molecule has 6 N–H and O–H groups in total. The van der Waals surface area contributed by atoms with E-state index in [2.05, 4.69) is 5.10 Å². The van der Waals surface area contributed by atoms with Gasteiger partial charge in [0.15, 0.2) is 5.84 Å². The Kier molecular flexibility index (Phi) is 6.48. The lowest BCUT2D eigenvalue weighted by atomic mass is 10.2. The summed E-state index contributed by atoms with van der Waals surface area (Å²) in [5.41, 5.74) is 12.2. The zero-order chi connectivity index (χ0) is 15.0. The number of hydrogen-bond donors (Lipinski definition) is 3. The molecule has 1 aromatic rings. The summed E-state index contributed by atoms with van der Waals surface area (Å²) in [6.07, 6.45) is 0.458. The summed E-state index contributed by atoms with van der Waals surface area (Å²) in [6, 6.07) is 6.94. The number of ether oxygens (including phenoxy) is 1. The average molecular weight is 281 g/mol. The van der Waals surface area contributed by atoms with Gasteiger partial charge in [0.1, 0.15) is 12.4 Å². The third-order valence-corrected chi connectivity index (χ3v) is 2.55. The van der Waals surface area contributed by atoms with Gasteiger partial charge in [-0.1, -0.05) is 0 Å².